The zero-order chi connectivity index (χ0) is 19.0. The second kappa shape index (κ2) is 18.7. The van der Waals surface area contributed by atoms with Crippen molar-refractivity contribution in [2.24, 2.45) is 9.98 Å². The van der Waals surface area contributed by atoms with Crippen LogP contribution in [0.3, 0.4) is 0 Å². The maximum Gasteiger partial charge on any atom is 2.00 e. The molecule has 2 radical (unpaired) electrons. The van der Waals surface area contributed by atoms with Crippen LogP contribution in [-0.2, 0) is 33.6 Å². The first kappa shape index (κ1) is 28.5. The standard InChI is InChI=1S/2C10H13NO2.2Co/c2*12-7-3-6-11-8-9-4-1-2-5-10(9)13;;/h2*1-2,4-5,8,12-13H,3,6-7H2;;/q;;2*+2/p+4. The van der Waals surface area contributed by atoms with E-state index in [0.29, 0.717) is 37.8 Å². The summed E-state index contributed by atoms with van der Waals surface area (Å²) in [5.41, 5.74) is 1.68. The zero-order valence-electron chi connectivity index (χ0n) is 15.6. The number of nitrogens with zero attached hydrogens (tertiary/aromatic N) is 2. The molecular weight excluding hydrogens is 450 g/mol. The second-order valence-electron chi connectivity index (χ2n) is 5.45. The van der Waals surface area contributed by atoms with Crippen LogP contribution in [0.15, 0.2) is 58.5 Å². The first-order chi connectivity index (χ1) is 12.7. The molecule has 0 unspecified atom stereocenters. The van der Waals surface area contributed by atoms with E-state index in [-0.39, 0.29) is 33.6 Å². The van der Waals surface area contributed by atoms with E-state index < -0.39 is 0 Å². The Morgan fingerprint density at radius 3 is 1.32 bits per heavy atom. The summed E-state index contributed by atoms with van der Waals surface area (Å²) in [4.78, 5) is 8.25. The van der Waals surface area contributed by atoms with E-state index in [9.17, 15) is 0 Å². The molecule has 2 aromatic carbocycles. The predicted molar refractivity (Wildman–Crippen MR) is 110 cm³/mol. The maximum atomic E-state index is 7.52. The van der Waals surface area contributed by atoms with Gasteiger partial charge < -0.3 is 20.4 Å². The first-order valence-corrected chi connectivity index (χ1v) is 8.59. The molecular formula is C20H30Co2N2O4+8. The van der Waals surface area contributed by atoms with Crippen molar-refractivity contribution < 1.29 is 54.0 Å². The van der Waals surface area contributed by atoms with Gasteiger partial charge in [0.1, 0.15) is 13.2 Å². The summed E-state index contributed by atoms with van der Waals surface area (Å²) in [5, 5.41) is 28.9. The summed E-state index contributed by atoms with van der Waals surface area (Å²) in [7, 11) is 0. The van der Waals surface area contributed by atoms with Crippen molar-refractivity contribution in [2.75, 3.05) is 26.3 Å². The van der Waals surface area contributed by atoms with E-state index in [1.54, 1.807) is 24.6 Å². The molecule has 6 nitrogen and oxygen atoms in total. The van der Waals surface area contributed by atoms with Gasteiger partial charge in [-0.1, -0.05) is 24.3 Å². The number of hydrogen-bond acceptors (Lipinski definition) is 2. The average Bonchev–Trinajstić information content (AvgIpc) is 2.66. The van der Waals surface area contributed by atoms with E-state index in [2.05, 4.69) is 9.98 Å². The molecule has 0 aliphatic rings. The minimum absolute atomic E-state index is 0. The summed E-state index contributed by atoms with van der Waals surface area (Å²) in [6, 6.07) is 14.7. The van der Waals surface area contributed by atoms with Gasteiger partial charge in [0, 0.05) is 50.5 Å². The van der Waals surface area contributed by atoms with E-state index in [4.69, 9.17) is 20.4 Å². The number of hydrogen-bond donors (Lipinski definition) is 0. The Balaban J connectivity index is 0. The normalized spacial score (nSPS) is 10.1. The third-order valence-corrected chi connectivity index (χ3v) is 3.31. The van der Waals surface area contributed by atoms with Crippen molar-refractivity contribution in [1.29, 1.82) is 0 Å². The van der Waals surface area contributed by atoms with Crippen LogP contribution in [0.5, 0.6) is 11.5 Å². The van der Waals surface area contributed by atoms with Crippen molar-refractivity contribution in [3.05, 3.63) is 59.7 Å². The Morgan fingerprint density at radius 1 is 0.643 bits per heavy atom. The van der Waals surface area contributed by atoms with E-state index in [1.807, 2.05) is 36.4 Å². The third-order valence-electron chi connectivity index (χ3n) is 3.31. The molecule has 28 heavy (non-hydrogen) atoms. The van der Waals surface area contributed by atoms with E-state index in [1.165, 1.54) is 0 Å². The summed E-state index contributed by atoms with van der Waals surface area (Å²) >= 11 is 0. The zero-order valence-corrected chi connectivity index (χ0v) is 17.7. The number of aliphatic imine (C=N–C) groups is 2. The molecule has 0 saturated heterocycles. The molecule has 0 spiro atoms. The fourth-order valence-electron chi connectivity index (χ4n) is 1.89. The Hall–Kier alpha value is -1.69. The van der Waals surface area contributed by atoms with Crippen molar-refractivity contribution in [2.45, 2.75) is 12.8 Å². The third kappa shape index (κ3) is 12.7. The number of benzene rings is 2. The van der Waals surface area contributed by atoms with Gasteiger partial charge in [0.15, 0.2) is 0 Å². The van der Waals surface area contributed by atoms with Crippen molar-refractivity contribution in [3.8, 4) is 11.5 Å². The average molecular weight is 480 g/mol. The molecule has 0 fully saturated rings. The molecule has 8 N–H and O–H groups in total. The van der Waals surface area contributed by atoms with Crippen LogP contribution in [0.25, 0.3) is 0 Å². The summed E-state index contributed by atoms with van der Waals surface area (Å²) in [6.07, 6.45) is 4.99. The SMILES string of the molecule is [Co+2].[Co+2].[OH2+]CCCN=Cc1ccccc1[OH2+].[OH2+]CCCN=Cc1ccccc1[OH2+]. The van der Waals surface area contributed by atoms with Gasteiger partial charge in [-0.2, -0.15) is 0 Å². The predicted octanol–water partition coefficient (Wildman–Crippen LogP) is 1.31. The van der Waals surface area contributed by atoms with Gasteiger partial charge >= 0.3 is 33.6 Å². The van der Waals surface area contributed by atoms with Crippen LogP contribution in [0, 0.1) is 0 Å². The molecule has 0 saturated carbocycles. The van der Waals surface area contributed by atoms with Crippen molar-refractivity contribution in [3.63, 3.8) is 0 Å². The monoisotopic (exact) mass is 480 g/mol. The Kier molecular flexibility index (Phi) is 19.0. The molecule has 8 heteroatoms. The summed E-state index contributed by atoms with van der Waals surface area (Å²) < 4.78 is 0. The quantitative estimate of drug-likeness (QED) is 0.308. The van der Waals surface area contributed by atoms with Gasteiger partial charge in [-0.15, -0.1) is 0 Å². The molecule has 0 aliphatic carbocycles. The number of para-hydroxylation sites is 2. The van der Waals surface area contributed by atoms with Crippen LogP contribution in [-0.4, -0.2) is 59.2 Å². The number of rotatable bonds is 8. The fraction of sp³-hybridized carbons (Fsp3) is 0.300. The molecule has 0 atom stereocenters. The summed E-state index contributed by atoms with van der Waals surface area (Å²) in [5.74, 6) is 0.995. The Bertz CT molecular complexity index is 638. The van der Waals surface area contributed by atoms with Crippen LogP contribution in [0.4, 0.5) is 0 Å². The maximum absolute atomic E-state index is 7.52. The van der Waals surface area contributed by atoms with Gasteiger partial charge in [-0.3, -0.25) is 9.98 Å². The largest absolute Gasteiger partial charge is 2.00 e. The van der Waals surface area contributed by atoms with E-state index in [0.717, 1.165) is 24.0 Å². The first-order valence-electron chi connectivity index (χ1n) is 8.59. The topological polar surface area (TPSA) is 116 Å². The molecule has 154 valence electrons. The smallest absolute Gasteiger partial charge is 0.593 e. The second-order valence-corrected chi connectivity index (χ2v) is 5.45. The van der Waals surface area contributed by atoms with Gasteiger partial charge in [0.2, 0.25) is 0 Å². The van der Waals surface area contributed by atoms with E-state index >= 15 is 0 Å². The van der Waals surface area contributed by atoms with Gasteiger partial charge in [-0.05, 0) is 12.1 Å². The molecule has 0 heterocycles. The van der Waals surface area contributed by atoms with Crippen molar-refractivity contribution in [1.82, 2.24) is 0 Å². The Morgan fingerprint density at radius 2 is 1.00 bits per heavy atom. The van der Waals surface area contributed by atoms with Crippen LogP contribution in [0.1, 0.15) is 24.0 Å². The van der Waals surface area contributed by atoms with Crippen LogP contribution >= 0.6 is 0 Å². The molecule has 2 aromatic rings. The minimum Gasteiger partial charge on any atom is -0.593 e. The molecule has 2 rings (SSSR count). The molecule has 0 bridgehead atoms. The minimum atomic E-state index is 0. The Labute approximate surface area is 186 Å². The van der Waals surface area contributed by atoms with Gasteiger partial charge in [0.25, 0.3) is 11.5 Å². The van der Waals surface area contributed by atoms with Gasteiger partial charge in [-0.25, -0.2) is 0 Å². The molecule has 0 aliphatic heterocycles. The van der Waals surface area contributed by atoms with Crippen LogP contribution < -0.4 is 0 Å². The van der Waals surface area contributed by atoms with Crippen LogP contribution in [0.2, 0.25) is 0 Å². The van der Waals surface area contributed by atoms with Gasteiger partial charge in [0.05, 0.1) is 11.1 Å². The molecule has 0 amide bonds. The fourth-order valence-corrected chi connectivity index (χ4v) is 1.89. The summed E-state index contributed by atoms with van der Waals surface area (Å²) in [6.45, 7) is 2.19. The molecule has 0 aromatic heterocycles. The van der Waals surface area contributed by atoms with Crippen molar-refractivity contribution >= 4 is 12.4 Å².